The average molecular weight is 277 g/mol. The van der Waals surface area contributed by atoms with E-state index in [9.17, 15) is 9.65 Å². The highest BCUT2D eigenvalue weighted by atomic mass is 19.1. The van der Waals surface area contributed by atoms with E-state index in [1.165, 1.54) is 12.1 Å². The van der Waals surface area contributed by atoms with Gasteiger partial charge in [-0.1, -0.05) is 18.2 Å². The first-order valence-electron chi connectivity index (χ1n) is 6.48. The van der Waals surface area contributed by atoms with Crippen molar-refractivity contribution >= 4 is 22.4 Å². The van der Waals surface area contributed by atoms with Gasteiger partial charge in [0.2, 0.25) is 0 Å². The van der Waals surface area contributed by atoms with Crippen molar-refractivity contribution in [3.8, 4) is 6.07 Å². The highest BCUT2D eigenvalue weighted by Crippen LogP contribution is 2.26. The van der Waals surface area contributed by atoms with Crippen LogP contribution in [0.3, 0.4) is 0 Å². The third-order valence-electron chi connectivity index (χ3n) is 3.38. The van der Waals surface area contributed by atoms with Crippen LogP contribution in [-0.4, -0.2) is 12.0 Å². The van der Waals surface area contributed by atoms with Crippen LogP contribution in [-0.2, 0) is 0 Å². The Morgan fingerprint density at radius 3 is 2.52 bits per heavy atom. The van der Waals surface area contributed by atoms with Crippen molar-refractivity contribution in [1.82, 2.24) is 4.98 Å². The Bertz CT molecular complexity index is 835. The van der Waals surface area contributed by atoms with Gasteiger partial charge in [-0.25, -0.2) is 9.37 Å². The second-order valence-corrected chi connectivity index (χ2v) is 4.69. The van der Waals surface area contributed by atoms with E-state index >= 15 is 0 Å². The normalized spacial score (nSPS) is 10.3. The van der Waals surface area contributed by atoms with E-state index in [2.05, 4.69) is 11.1 Å². The third-order valence-corrected chi connectivity index (χ3v) is 3.38. The van der Waals surface area contributed by atoms with Crippen molar-refractivity contribution in [1.29, 1.82) is 5.26 Å². The van der Waals surface area contributed by atoms with Gasteiger partial charge in [0.05, 0.1) is 17.1 Å². The summed E-state index contributed by atoms with van der Waals surface area (Å²) in [4.78, 5) is 6.39. The molecule has 2 aromatic carbocycles. The standard InChI is InChI=1S/C17H12FN3/c1-21(14-8-6-13(18)7-9-14)17-10-12(11-19)15-4-2-3-5-16(15)20-17/h2-10H,1H3. The van der Waals surface area contributed by atoms with Gasteiger partial charge in [-0.2, -0.15) is 5.26 Å². The van der Waals surface area contributed by atoms with Crippen LogP contribution in [0.1, 0.15) is 5.56 Å². The first kappa shape index (κ1) is 13.1. The molecule has 21 heavy (non-hydrogen) atoms. The maximum atomic E-state index is 13.0. The summed E-state index contributed by atoms with van der Waals surface area (Å²) in [7, 11) is 1.84. The van der Waals surface area contributed by atoms with Crippen molar-refractivity contribution in [2.45, 2.75) is 0 Å². The molecule has 102 valence electrons. The predicted molar refractivity (Wildman–Crippen MR) is 80.9 cm³/mol. The zero-order chi connectivity index (χ0) is 14.8. The van der Waals surface area contributed by atoms with Gasteiger partial charge in [-0.3, -0.25) is 0 Å². The minimum absolute atomic E-state index is 0.281. The first-order valence-corrected chi connectivity index (χ1v) is 6.48. The molecule has 0 fully saturated rings. The van der Waals surface area contributed by atoms with Crippen LogP contribution < -0.4 is 4.90 Å². The van der Waals surface area contributed by atoms with Gasteiger partial charge in [0.1, 0.15) is 11.6 Å². The van der Waals surface area contributed by atoms with Crippen molar-refractivity contribution in [2.75, 3.05) is 11.9 Å². The van der Waals surface area contributed by atoms with E-state index < -0.39 is 0 Å². The molecule has 1 aromatic heterocycles. The summed E-state index contributed by atoms with van der Waals surface area (Å²) in [5, 5.41) is 10.1. The lowest BCUT2D eigenvalue weighted by Crippen LogP contribution is -2.11. The van der Waals surface area contributed by atoms with Crippen LogP contribution in [0.4, 0.5) is 15.9 Å². The number of fused-ring (bicyclic) bond motifs is 1. The molecular formula is C17H12FN3. The molecule has 0 amide bonds. The minimum atomic E-state index is -0.281. The average Bonchev–Trinajstić information content (AvgIpc) is 2.53. The Hall–Kier alpha value is -2.93. The van der Waals surface area contributed by atoms with E-state index in [0.29, 0.717) is 11.4 Å². The van der Waals surface area contributed by atoms with Crippen LogP contribution in [0.15, 0.2) is 54.6 Å². The summed E-state index contributed by atoms with van der Waals surface area (Å²) >= 11 is 0. The Morgan fingerprint density at radius 2 is 1.81 bits per heavy atom. The van der Waals surface area contributed by atoms with Gasteiger partial charge in [0.15, 0.2) is 0 Å². The summed E-state index contributed by atoms with van der Waals surface area (Å²) in [6.45, 7) is 0. The van der Waals surface area contributed by atoms with Gasteiger partial charge in [-0.05, 0) is 36.4 Å². The fourth-order valence-electron chi connectivity index (χ4n) is 2.22. The summed E-state index contributed by atoms with van der Waals surface area (Å²) in [6.07, 6.45) is 0. The number of hydrogen-bond donors (Lipinski definition) is 0. The quantitative estimate of drug-likeness (QED) is 0.710. The number of benzene rings is 2. The molecule has 0 atom stereocenters. The smallest absolute Gasteiger partial charge is 0.134 e. The SMILES string of the molecule is CN(c1ccc(F)cc1)c1cc(C#N)c2ccccc2n1. The second-order valence-electron chi connectivity index (χ2n) is 4.69. The van der Waals surface area contributed by atoms with Gasteiger partial charge in [0, 0.05) is 18.1 Å². The monoisotopic (exact) mass is 277 g/mol. The Morgan fingerprint density at radius 1 is 1.10 bits per heavy atom. The second kappa shape index (κ2) is 5.22. The molecule has 0 bridgehead atoms. The molecule has 0 N–H and O–H groups in total. The molecule has 0 aliphatic heterocycles. The molecule has 3 aromatic rings. The van der Waals surface area contributed by atoms with E-state index in [-0.39, 0.29) is 5.82 Å². The van der Waals surface area contributed by atoms with E-state index in [4.69, 9.17) is 0 Å². The lowest BCUT2D eigenvalue weighted by molar-refractivity contribution is 0.628. The molecule has 0 unspecified atom stereocenters. The summed E-state index contributed by atoms with van der Waals surface area (Å²) in [5.74, 6) is 0.369. The number of aromatic nitrogens is 1. The summed E-state index contributed by atoms with van der Waals surface area (Å²) in [6, 6.07) is 17.6. The zero-order valence-corrected chi connectivity index (χ0v) is 11.4. The Kier molecular flexibility index (Phi) is 3.25. The number of nitriles is 1. The number of pyridine rings is 1. The fraction of sp³-hybridized carbons (Fsp3) is 0.0588. The number of para-hydroxylation sites is 1. The third kappa shape index (κ3) is 2.41. The van der Waals surface area contributed by atoms with E-state index in [0.717, 1.165) is 16.6 Å². The molecule has 0 spiro atoms. The maximum Gasteiger partial charge on any atom is 0.134 e. The molecule has 0 aliphatic carbocycles. The molecule has 3 rings (SSSR count). The van der Waals surface area contributed by atoms with Crippen molar-refractivity contribution in [3.05, 3.63) is 66.0 Å². The fourth-order valence-corrected chi connectivity index (χ4v) is 2.22. The summed E-state index contributed by atoms with van der Waals surface area (Å²) < 4.78 is 13.0. The zero-order valence-electron chi connectivity index (χ0n) is 11.4. The van der Waals surface area contributed by atoms with Crippen molar-refractivity contribution in [3.63, 3.8) is 0 Å². The van der Waals surface area contributed by atoms with Gasteiger partial charge < -0.3 is 4.90 Å². The van der Waals surface area contributed by atoms with Crippen molar-refractivity contribution in [2.24, 2.45) is 0 Å². The van der Waals surface area contributed by atoms with E-state index in [1.54, 1.807) is 18.2 Å². The number of rotatable bonds is 2. The topological polar surface area (TPSA) is 39.9 Å². The van der Waals surface area contributed by atoms with Gasteiger partial charge >= 0.3 is 0 Å². The molecule has 0 aliphatic rings. The molecule has 4 heteroatoms. The number of anilines is 2. The first-order chi connectivity index (χ1) is 10.2. The lowest BCUT2D eigenvalue weighted by Gasteiger charge is -2.19. The van der Waals surface area contributed by atoms with Gasteiger partial charge in [-0.15, -0.1) is 0 Å². The molecule has 0 saturated carbocycles. The largest absolute Gasteiger partial charge is 0.329 e. The predicted octanol–water partition coefficient (Wildman–Crippen LogP) is 4.01. The van der Waals surface area contributed by atoms with Crippen LogP contribution in [0.2, 0.25) is 0 Å². The highest BCUT2D eigenvalue weighted by Gasteiger charge is 2.10. The number of nitrogens with zero attached hydrogens (tertiary/aromatic N) is 3. The number of hydrogen-bond acceptors (Lipinski definition) is 3. The van der Waals surface area contributed by atoms with Crippen LogP contribution in [0.25, 0.3) is 10.9 Å². The Labute approximate surface area is 121 Å². The Balaban J connectivity index is 2.12. The number of halogens is 1. The van der Waals surface area contributed by atoms with Gasteiger partial charge in [0.25, 0.3) is 0 Å². The lowest BCUT2D eigenvalue weighted by atomic mass is 10.1. The molecular weight excluding hydrogens is 265 g/mol. The van der Waals surface area contributed by atoms with Crippen LogP contribution in [0, 0.1) is 17.1 Å². The highest BCUT2D eigenvalue weighted by molar-refractivity contribution is 5.87. The maximum absolute atomic E-state index is 13.0. The van der Waals surface area contributed by atoms with Crippen LogP contribution in [0.5, 0.6) is 0 Å². The van der Waals surface area contributed by atoms with E-state index in [1.807, 2.05) is 36.2 Å². The molecule has 1 heterocycles. The van der Waals surface area contributed by atoms with Crippen LogP contribution >= 0.6 is 0 Å². The molecule has 3 nitrogen and oxygen atoms in total. The van der Waals surface area contributed by atoms with Crippen molar-refractivity contribution < 1.29 is 4.39 Å². The minimum Gasteiger partial charge on any atom is -0.329 e. The molecule has 0 saturated heterocycles. The molecule has 0 radical (unpaired) electrons. The summed E-state index contributed by atoms with van der Waals surface area (Å²) in [5.41, 5.74) is 2.15.